The summed E-state index contributed by atoms with van der Waals surface area (Å²) in [7, 11) is 1.67. The van der Waals surface area contributed by atoms with Gasteiger partial charge in [0.05, 0.1) is 18.3 Å². The number of benzene rings is 1. The fourth-order valence-corrected chi connectivity index (χ4v) is 2.36. The zero-order valence-corrected chi connectivity index (χ0v) is 12.3. The molecule has 2 rings (SSSR count). The van der Waals surface area contributed by atoms with Crippen molar-refractivity contribution in [2.45, 2.75) is 31.8 Å². The molecule has 5 nitrogen and oxygen atoms in total. The van der Waals surface area contributed by atoms with Crippen LogP contribution < -0.4 is 20.7 Å². The van der Waals surface area contributed by atoms with Crippen molar-refractivity contribution in [2.75, 3.05) is 25.1 Å². The first-order valence-electron chi connectivity index (χ1n) is 6.89. The van der Waals surface area contributed by atoms with Gasteiger partial charge in [0.25, 0.3) is 0 Å². The van der Waals surface area contributed by atoms with E-state index in [2.05, 4.69) is 10.2 Å². The molecule has 1 unspecified atom stereocenters. The number of ether oxygens (including phenoxy) is 1. The summed E-state index contributed by atoms with van der Waals surface area (Å²) in [5, 5.41) is 3.01. The predicted octanol–water partition coefficient (Wildman–Crippen LogP) is 1.13. The van der Waals surface area contributed by atoms with Gasteiger partial charge in [0.15, 0.2) is 0 Å². The smallest absolute Gasteiger partial charge is 0.239 e. The summed E-state index contributed by atoms with van der Waals surface area (Å²) in [6.45, 7) is 5.11. The molecule has 0 aliphatic carbocycles. The Balaban J connectivity index is 2.01. The van der Waals surface area contributed by atoms with E-state index in [1.54, 1.807) is 21.0 Å². The third-order valence-corrected chi connectivity index (χ3v) is 3.53. The van der Waals surface area contributed by atoms with Crippen molar-refractivity contribution in [3.05, 3.63) is 24.3 Å². The van der Waals surface area contributed by atoms with Crippen molar-refractivity contribution in [1.29, 1.82) is 0 Å². The van der Waals surface area contributed by atoms with Gasteiger partial charge in [-0.2, -0.15) is 0 Å². The van der Waals surface area contributed by atoms with Gasteiger partial charge in [-0.25, -0.2) is 0 Å². The topological polar surface area (TPSA) is 67.6 Å². The largest absolute Gasteiger partial charge is 0.495 e. The average Bonchev–Trinajstić information content (AvgIpc) is 2.86. The highest BCUT2D eigenvalue weighted by atomic mass is 16.5. The molecule has 1 heterocycles. The van der Waals surface area contributed by atoms with Crippen molar-refractivity contribution in [2.24, 2.45) is 5.73 Å². The maximum atomic E-state index is 11.9. The Morgan fingerprint density at radius 3 is 2.80 bits per heavy atom. The van der Waals surface area contributed by atoms with Gasteiger partial charge in [-0.15, -0.1) is 0 Å². The summed E-state index contributed by atoms with van der Waals surface area (Å²) < 4.78 is 5.38. The Morgan fingerprint density at radius 1 is 1.45 bits per heavy atom. The van der Waals surface area contributed by atoms with Gasteiger partial charge < -0.3 is 20.7 Å². The molecule has 1 aromatic carbocycles. The maximum absolute atomic E-state index is 11.9. The van der Waals surface area contributed by atoms with Crippen LogP contribution in [0.3, 0.4) is 0 Å². The number of amides is 1. The van der Waals surface area contributed by atoms with E-state index in [0.29, 0.717) is 0 Å². The molecule has 1 aliphatic heterocycles. The van der Waals surface area contributed by atoms with E-state index in [4.69, 9.17) is 10.5 Å². The molecular formula is C15H23N3O2. The van der Waals surface area contributed by atoms with E-state index in [0.717, 1.165) is 30.9 Å². The fraction of sp³-hybridized carbons (Fsp3) is 0.533. The zero-order valence-electron chi connectivity index (χ0n) is 12.3. The van der Waals surface area contributed by atoms with E-state index in [-0.39, 0.29) is 11.9 Å². The van der Waals surface area contributed by atoms with Gasteiger partial charge in [0.1, 0.15) is 5.75 Å². The maximum Gasteiger partial charge on any atom is 0.239 e. The number of methoxy groups -OCH3 is 1. The quantitative estimate of drug-likeness (QED) is 0.865. The van der Waals surface area contributed by atoms with Gasteiger partial charge >= 0.3 is 0 Å². The highest BCUT2D eigenvalue weighted by molar-refractivity contribution is 5.85. The number of hydrogen-bond acceptors (Lipinski definition) is 4. The van der Waals surface area contributed by atoms with Crippen LogP contribution in [0.25, 0.3) is 0 Å². The van der Waals surface area contributed by atoms with Crippen LogP contribution in [0.1, 0.15) is 20.3 Å². The van der Waals surface area contributed by atoms with Crippen molar-refractivity contribution < 1.29 is 9.53 Å². The Morgan fingerprint density at radius 2 is 2.15 bits per heavy atom. The summed E-state index contributed by atoms with van der Waals surface area (Å²) >= 11 is 0. The third kappa shape index (κ3) is 3.22. The molecular weight excluding hydrogens is 254 g/mol. The summed E-state index contributed by atoms with van der Waals surface area (Å²) in [4.78, 5) is 14.1. The Bertz CT molecular complexity index is 482. The molecule has 0 aromatic heterocycles. The summed E-state index contributed by atoms with van der Waals surface area (Å²) in [6, 6.07) is 8.07. The lowest BCUT2D eigenvalue weighted by atomic mass is 10.1. The number of nitrogens with two attached hydrogens (primary N) is 1. The van der Waals surface area contributed by atoms with Crippen molar-refractivity contribution in [1.82, 2.24) is 5.32 Å². The number of para-hydroxylation sites is 2. The van der Waals surface area contributed by atoms with Crippen LogP contribution in [0.15, 0.2) is 24.3 Å². The highest BCUT2D eigenvalue weighted by Gasteiger charge is 2.29. The minimum atomic E-state index is -0.835. The van der Waals surface area contributed by atoms with Crippen molar-refractivity contribution in [3.8, 4) is 5.75 Å². The first-order valence-corrected chi connectivity index (χ1v) is 6.89. The number of carbonyl (C=O) groups is 1. The lowest BCUT2D eigenvalue weighted by molar-refractivity contribution is -0.125. The number of nitrogens with zero attached hydrogens (tertiary/aromatic N) is 1. The predicted molar refractivity (Wildman–Crippen MR) is 80.0 cm³/mol. The lowest BCUT2D eigenvalue weighted by Gasteiger charge is -2.23. The van der Waals surface area contributed by atoms with Gasteiger partial charge in [-0.3, -0.25) is 4.79 Å². The van der Waals surface area contributed by atoms with E-state index in [1.165, 1.54) is 0 Å². The Labute approximate surface area is 120 Å². The molecule has 5 heteroatoms. The van der Waals surface area contributed by atoms with Crippen LogP contribution in [0.4, 0.5) is 5.69 Å². The second-order valence-electron chi connectivity index (χ2n) is 5.80. The molecule has 1 atom stereocenters. The van der Waals surface area contributed by atoms with Crippen molar-refractivity contribution >= 4 is 11.6 Å². The zero-order chi connectivity index (χ0) is 14.8. The van der Waals surface area contributed by atoms with E-state index >= 15 is 0 Å². The number of carbonyl (C=O) groups excluding carboxylic acids is 1. The standard InChI is InChI=1S/C15H23N3O2/c1-15(2,16)14(19)17-11-8-9-18(10-11)12-6-4-5-7-13(12)20-3/h4-7,11H,8-10,16H2,1-3H3,(H,17,19). The van der Waals surface area contributed by atoms with Crippen LogP contribution >= 0.6 is 0 Å². The van der Waals surface area contributed by atoms with E-state index < -0.39 is 5.54 Å². The molecule has 20 heavy (non-hydrogen) atoms. The van der Waals surface area contributed by atoms with Crippen LogP contribution in [-0.2, 0) is 4.79 Å². The fourth-order valence-electron chi connectivity index (χ4n) is 2.36. The molecule has 1 amide bonds. The second kappa shape index (κ2) is 5.71. The first kappa shape index (κ1) is 14.7. The molecule has 110 valence electrons. The van der Waals surface area contributed by atoms with Gasteiger partial charge in [0.2, 0.25) is 5.91 Å². The van der Waals surface area contributed by atoms with E-state index in [1.807, 2.05) is 24.3 Å². The molecule has 0 saturated carbocycles. The Kier molecular flexibility index (Phi) is 4.18. The molecule has 0 spiro atoms. The number of hydrogen-bond donors (Lipinski definition) is 2. The lowest BCUT2D eigenvalue weighted by Crippen LogP contribution is -2.52. The number of nitrogens with one attached hydrogen (secondary N) is 1. The number of rotatable bonds is 4. The molecule has 1 aliphatic rings. The molecule has 0 radical (unpaired) electrons. The van der Waals surface area contributed by atoms with Gasteiger partial charge in [-0.1, -0.05) is 12.1 Å². The summed E-state index contributed by atoms with van der Waals surface area (Å²) in [5.74, 6) is 0.753. The molecule has 3 N–H and O–H groups in total. The monoisotopic (exact) mass is 277 g/mol. The minimum absolute atomic E-state index is 0.107. The minimum Gasteiger partial charge on any atom is -0.495 e. The van der Waals surface area contributed by atoms with Crippen LogP contribution in [-0.4, -0.2) is 37.7 Å². The molecule has 0 bridgehead atoms. The number of anilines is 1. The van der Waals surface area contributed by atoms with E-state index in [9.17, 15) is 4.79 Å². The summed E-state index contributed by atoms with van der Waals surface area (Å²) in [5.41, 5.74) is 6.04. The molecule has 1 saturated heterocycles. The normalized spacial score (nSPS) is 19.0. The van der Waals surface area contributed by atoms with Crippen molar-refractivity contribution in [3.63, 3.8) is 0 Å². The average molecular weight is 277 g/mol. The third-order valence-electron chi connectivity index (χ3n) is 3.53. The molecule has 1 fully saturated rings. The second-order valence-corrected chi connectivity index (χ2v) is 5.80. The summed E-state index contributed by atoms with van der Waals surface area (Å²) in [6.07, 6.45) is 0.917. The SMILES string of the molecule is COc1ccccc1N1CCC(NC(=O)C(C)(C)N)C1. The Hall–Kier alpha value is -1.75. The van der Waals surface area contributed by atoms with Crippen LogP contribution in [0.5, 0.6) is 5.75 Å². The highest BCUT2D eigenvalue weighted by Crippen LogP contribution is 2.30. The molecule has 1 aromatic rings. The first-order chi connectivity index (χ1) is 9.41. The van der Waals surface area contributed by atoms with Crippen LogP contribution in [0.2, 0.25) is 0 Å². The van der Waals surface area contributed by atoms with Gasteiger partial charge in [-0.05, 0) is 32.4 Å². The van der Waals surface area contributed by atoms with Gasteiger partial charge in [0, 0.05) is 19.1 Å². The van der Waals surface area contributed by atoms with Crippen LogP contribution in [0, 0.1) is 0 Å².